The van der Waals surface area contributed by atoms with Crippen LogP contribution in [0.3, 0.4) is 0 Å². The molecule has 0 aliphatic carbocycles. The number of methoxy groups -OCH3 is 1. The molecule has 1 atom stereocenters. The molecule has 0 unspecified atom stereocenters. The molecule has 0 aromatic heterocycles. The number of ether oxygens (including phenoxy) is 1. The second-order valence-electron chi connectivity index (χ2n) is 5.27. The molecule has 0 spiro atoms. The van der Waals surface area contributed by atoms with Crippen molar-refractivity contribution < 1.29 is 9.84 Å². The monoisotopic (exact) mass is 298 g/mol. The number of phenolic OH excluding ortho intramolecular Hbond substituents is 1. The molecule has 2 aromatic carbocycles. The highest BCUT2D eigenvalue weighted by Gasteiger charge is 2.17. The number of para-hydroxylation sites is 2. The molecule has 0 bridgehead atoms. The fourth-order valence-electron chi connectivity index (χ4n) is 2.33. The molecule has 0 radical (unpaired) electrons. The summed E-state index contributed by atoms with van der Waals surface area (Å²) < 4.78 is 5.44. The van der Waals surface area contributed by atoms with E-state index in [1.165, 1.54) is 0 Å². The van der Waals surface area contributed by atoms with E-state index < -0.39 is 0 Å². The van der Waals surface area contributed by atoms with Crippen molar-refractivity contribution in [1.82, 2.24) is 4.90 Å². The van der Waals surface area contributed by atoms with Crippen LogP contribution < -0.4 is 4.74 Å². The van der Waals surface area contributed by atoms with Gasteiger partial charge in [-0.05, 0) is 32.3 Å². The predicted molar refractivity (Wildman–Crippen MR) is 90.0 cm³/mol. The van der Waals surface area contributed by atoms with Crippen molar-refractivity contribution in [3.63, 3.8) is 0 Å². The lowest BCUT2D eigenvalue weighted by Crippen LogP contribution is -2.23. The summed E-state index contributed by atoms with van der Waals surface area (Å²) in [6.07, 6.45) is 1.71. The van der Waals surface area contributed by atoms with Crippen LogP contribution in [0.2, 0.25) is 0 Å². The first-order valence-electron chi connectivity index (χ1n) is 7.20. The fraction of sp³-hybridized carbons (Fsp3) is 0.278. The number of phenols is 1. The van der Waals surface area contributed by atoms with Crippen LogP contribution in [0.15, 0.2) is 53.5 Å². The highest BCUT2D eigenvalue weighted by Crippen LogP contribution is 2.28. The summed E-state index contributed by atoms with van der Waals surface area (Å²) in [6, 6.07) is 15.3. The van der Waals surface area contributed by atoms with Gasteiger partial charge in [0.2, 0.25) is 0 Å². The number of likely N-dealkylation sites (N-methyl/N-ethyl adjacent to an activating group) is 1. The number of nitrogens with zero attached hydrogens (tertiary/aromatic N) is 2. The quantitative estimate of drug-likeness (QED) is 0.833. The minimum absolute atomic E-state index is 0.109. The Morgan fingerprint density at radius 3 is 2.50 bits per heavy atom. The molecule has 4 nitrogen and oxygen atoms in total. The molecule has 0 aliphatic heterocycles. The summed E-state index contributed by atoms with van der Waals surface area (Å²) in [5.41, 5.74) is 1.82. The molecule has 22 heavy (non-hydrogen) atoms. The standard InChI is InChI=1S/C18H22N2O2/c1-20(2)16(15-9-5-7-11-18(15)22-3)13-19-12-14-8-4-6-10-17(14)21/h4-12,16,21H,13H2,1-3H3/t16-/m0/s1. The Morgan fingerprint density at radius 2 is 1.82 bits per heavy atom. The molecule has 0 heterocycles. The van der Waals surface area contributed by atoms with Gasteiger partial charge in [0, 0.05) is 17.3 Å². The van der Waals surface area contributed by atoms with Gasteiger partial charge in [-0.3, -0.25) is 4.99 Å². The number of aromatic hydroxyl groups is 1. The van der Waals surface area contributed by atoms with E-state index >= 15 is 0 Å². The van der Waals surface area contributed by atoms with E-state index in [1.54, 1.807) is 25.5 Å². The van der Waals surface area contributed by atoms with E-state index in [2.05, 4.69) is 16.0 Å². The van der Waals surface area contributed by atoms with Crippen LogP contribution in [0, 0.1) is 0 Å². The van der Waals surface area contributed by atoms with Crippen molar-refractivity contribution in [3.8, 4) is 11.5 Å². The van der Waals surface area contributed by atoms with E-state index in [0.717, 1.165) is 16.9 Å². The first-order valence-corrected chi connectivity index (χ1v) is 7.20. The second-order valence-corrected chi connectivity index (χ2v) is 5.27. The SMILES string of the molecule is COc1ccccc1[C@H](CN=Cc1ccccc1O)N(C)C. The predicted octanol–water partition coefficient (Wildman–Crippen LogP) is 3.12. The maximum Gasteiger partial charge on any atom is 0.124 e. The van der Waals surface area contributed by atoms with Gasteiger partial charge in [0.1, 0.15) is 11.5 Å². The van der Waals surface area contributed by atoms with Crippen LogP contribution in [0.1, 0.15) is 17.2 Å². The third-order valence-electron chi connectivity index (χ3n) is 3.57. The average Bonchev–Trinajstić information content (AvgIpc) is 2.53. The normalized spacial score (nSPS) is 12.7. The zero-order valence-corrected chi connectivity index (χ0v) is 13.2. The molecule has 4 heteroatoms. The van der Waals surface area contributed by atoms with E-state index in [1.807, 2.05) is 44.4 Å². The van der Waals surface area contributed by atoms with Crippen molar-refractivity contribution >= 4 is 6.21 Å². The van der Waals surface area contributed by atoms with Crippen molar-refractivity contribution in [2.24, 2.45) is 4.99 Å². The molecule has 0 saturated carbocycles. The van der Waals surface area contributed by atoms with Crippen molar-refractivity contribution in [2.45, 2.75) is 6.04 Å². The highest BCUT2D eigenvalue weighted by atomic mass is 16.5. The molecule has 0 fully saturated rings. The van der Waals surface area contributed by atoms with Gasteiger partial charge in [-0.1, -0.05) is 30.3 Å². The molecular weight excluding hydrogens is 276 g/mol. The summed E-state index contributed by atoms with van der Waals surface area (Å²) in [7, 11) is 5.72. The van der Waals surface area contributed by atoms with E-state index in [-0.39, 0.29) is 11.8 Å². The lowest BCUT2D eigenvalue weighted by molar-refractivity contribution is 0.295. The van der Waals surface area contributed by atoms with Crippen molar-refractivity contribution in [3.05, 3.63) is 59.7 Å². The first-order chi connectivity index (χ1) is 10.6. The summed E-state index contributed by atoms with van der Waals surface area (Å²) >= 11 is 0. The van der Waals surface area contributed by atoms with Gasteiger partial charge in [-0.25, -0.2) is 0 Å². The van der Waals surface area contributed by atoms with Gasteiger partial charge >= 0.3 is 0 Å². The van der Waals surface area contributed by atoms with E-state index in [4.69, 9.17) is 4.74 Å². The zero-order chi connectivity index (χ0) is 15.9. The third-order valence-corrected chi connectivity index (χ3v) is 3.57. The maximum absolute atomic E-state index is 9.76. The molecular formula is C18H22N2O2. The minimum Gasteiger partial charge on any atom is -0.507 e. The Morgan fingerprint density at radius 1 is 1.14 bits per heavy atom. The Hall–Kier alpha value is -2.33. The van der Waals surface area contributed by atoms with Gasteiger partial charge in [0.15, 0.2) is 0 Å². The van der Waals surface area contributed by atoms with Gasteiger partial charge in [0.25, 0.3) is 0 Å². The molecule has 0 aliphatic rings. The van der Waals surface area contributed by atoms with Crippen LogP contribution in [-0.4, -0.2) is 44.0 Å². The maximum atomic E-state index is 9.76. The lowest BCUT2D eigenvalue weighted by Gasteiger charge is -2.24. The number of hydrogen-bond donors (Lipinski definition) is 1. The Balaban J connectivity index is 2.18. The van der Waals surface area contributed by atoms with Crippen molar-refractivity contribution in [1.29, 1.82) is 0 Å². The lowest BCUT2D eigenvalue weighted by atomic mass is 10.0. The van der Waals surface area contributed by atoms with E-state index in [9.17, 15) is 5.11 Å². The molecule has 0 amide bonds. The molecule has 0 saturated heterocycles. The molecule has 116 valence electrons. The van der Waals surface area contributed by atoms with Gasteiger partial charge < -0.3 is 14.7 Å². The second kappa shape index (κ2) is 7.61. The highest BCUT2D eigenvalue weighted by molar-refractivity contribution is 5.83. The van der Waals surface area contributed by atoms with Crippen LogP contribution in [0.5, 0.6) is 11.5 Å². The topological polar surface area (TPSA) is 45.1 Å². The van der Waals surface area contributed by atoms with Gasteiger partial charge in [-0.15, -0.1) is 0 Å². The fourth-order valence-corrected chi connectivity index (χ4v) is 2.33. The largest absolute Gasteiger partial charge is 0.507 e. The third kappa shape index (κ3) is 3.86. The first kappa shape index (κ1) is 16.0. The summed E-state index contributed by atoms with van der Waals surface area (Å²) in [4.78, 5) is 6.60. The van der Waals surface area contributed by atoms with Crippen LogP contribution >= 0.6 is 0 Å². The minimum atomic E-state index is 0.109. The Labute approximate surface area is 131 Å². The summed E-state index contributed by atoms with van der Waals surface area (Å²) in [5.74, 6) is 1.10. The smallest absolute Gasteiger partial charge is 0.124 e. The van der Waals surface area contributed by atoms with Gasteiger partial charge in [0.05, 0.1) is 19.7 Å². The molecule has 2 aromatic rings. The van der Waals surface area contributed by atoms with Crippen LogP contribution in [0.25, 0.3) is 0 Å². The zero-order valence-electron chi connectivity index (χ0n) is 13.2. The van der Waals surface area contributed by atoms with Crippen LogP contribution in [0.4, 0.5) is 0 Å². The Bertz CT molecular complexity index is 638. The van der Waals surface area contributed by atoms with Gasteiger partial charge in [-0.2, -0.15) is 0 Å². The Kier molecular flexibility index (Phi) is 5.55. The van der Waals surface area contributed by atoms with Crippen LogP contribution in [-0.2, 0) is 0 Å². The number of hydrogen-bond acceptors (Lipinski definition) is 4. The van der Waals surface area contributed by atoms with E-state index in [0.29, 0.717) is 6.54 Å². The molecule has 1 N–H and O–H groups in total. The summed E-state index contributed by atoms with van der Waals surface area (Å²) in [5, 5.41) is 9.76. The summed E-state index contributed by atoms with van der Waals surface area (Å²) in [6.45, 7) is 0.585. The number of benzene rings is 2. The molecule has 2 rings (SSSR count). The number of aliphatic imine (C=N–C) groups is 1. The van der Waals surface area contributed by atoms with Crippen molar-refractivity contribution in [2.75, 3.05) is 27.7 Å². The number of rotatable bonds is 6. The average molecular weight is 298 g/mol.